The van der Waals surface area contributed by atoms with Crippen molar-refractivity contribution >= 4 is 17.5 Å². The van der Waals surface area contributed by atoms with Gasteiger partial charge in [0.25, 0.3) is 0 Å². The maximum absolute atomic E-state index is 13.7. The first-order valence-electron chi connectivity index (χ1n) is 5.92. The van der Waals surface area contributed by atoms with Crippen LogP contribution in [0.3, 0.4) is 0 Å². The molecule has 2 aromatic rings. The largest absolute Gasteiger partial charge is 0.341 e. The number of halogens is 2. The molecule has 2 rings (SSSR count). The maximum atomic E-state index is 13.7. The van der Waals surface area contributed by atoms with Crippen LogP contribution in [0, 0.1) is 5.82 Å². The number of aromatic nitrogens is 4. The first kappa shape index (κ1) is 13.6. The smallest absolute Gasteiger partial charge is 0.230 e. The number of nitrogens with zero attached hydrogens (tertiary/aromatic N) is 5. The highest BCUT2D eigenvalue weighted by Crippen LogP contribution is 2.21. The molecule has 0 unspecified atom stereocenters. The van der Waals surface area contributed by atoms with Gasteiger partial charge in [-0.3, -0.25) is 4.98 Å². The Morgan fingerprint density at radius 2 is 1.95 bits per heavy atom. The number of hydrogen-bond donors (Lipinski definition) is 0. The molecule has 0 atom stereocenters. The van der Waals surface area contributed by atoms with Gasteiger partial charge in [0, 0.05) is 19.3 Å². The van der Waals surface area contributed by atoms with Crippen molar-refractivity contribution in [2.75, 3.05) is 18.0 Å². The van der Waals surface area contributed by atoms with E-state index in [9.17, 15) is 4.39 Å². The lowest BCUT2D eigenvalue weighted by molar-refractivity contribution is 0.623. The van der Waals surface area contributed by atoms with E-state index in [-0.39, 0.29) is 16.7 Å². The molecule has 0 fully saturated rings. The molecule has 0 aliphatic rings. The third kappa shape index (κ3) is 2.96. The quantitative estimate of drug-likeness (QED) is 0.862. The summed E-state index contributed by atoms with van der Waals surface area (Å²) in [7, 11) is 0. The highest BCUT2D eigenvalue weighted by molar-refractivity contribution is 6.28. The van der Waals surface area contributed by atoms with Crippen LogP contribution in [0.2, 0.25) is 5.28 Å². The van der Waals surface area contributed by atoms with Crippen molar-refractivity contribution in [2.45, 2.75) is 13.8 Å². The van der Waals surface area contributed by atoms with E-state index in [0.29, 0.717) is 5.95 Å². The van der Waals surface area contributed by atoms with Crippen LogP contribution in [0.15, 0.2) is 18.5 Å². The summed E-state index contributed by atoms with van der Waals surface area (Å²) in [5.41, 5.74) is 0.257. The van der Waals surface area contributed by atoms with E-state index in [1.165, 1.54) is 12.3 Å². The molecule has 0 aliphatic carbocycles. The van der Waals surface area contributed by atoms with Crippen LogP contribution < -0.4 is 4.90 Å². The van der Waals surface area contributed by atoms with Gasteiger partial charge in [-0.2, -0.15) is 15.0 Å². The van der Waals surface area contributed by atoms with Gasteiger partial charge in [-0.15, -0.1) is 0 Å². The van der Waals surface area contributed by atoms with Gasteiger partial charge in [-0.25, -0.2) is 4.39 Å². The van der Waals surface area contributed by atoms with Crippen molar-refractivity contribution < 1.29 is 4.39 Å². The molecular formula is C12H13ClFN5. The van der Waals surface area contributed by atoms with Crippen molar-refractivity contribution in [3.8, 4) is 11.4 Å². The first-order valence-corrected chi connectivity index (χ1v) is 6.29. The van der Waals surface area contributed by atoms with Gasteiger partial charge in [0.1, 0.15) is 0 Å². The Balaban J connectivity index is 2.51. The standard InChI is InChI=1S/C12H13ClFN5/c1-3-19(4-2)12-17-10(16-11(13)18-12)8-5-6-15-7-9(8)14/h5-7H,3-4H2,1-2H3. The van der Waals surface area contributed by atoms with Crippen molar-refractivity contribution in [2.24, 2.45) is 0 Å². The average Bonchev–Trinajstić information content (AvgIpc) is 2.40. The van der Waals surface area contributed by atoms with E-state index in [1.54, 1.807) is 0 Å². The molecule has 2 heterocycles. The molecule has 0 aliphatic heterocycles. The second kappa shape index (κ2) is 5.88. The summed E-state index contributed by atoms with van der Waals surface area (Å²) >= 11 is 5.88. The Labute approximate surface area is 115 Å². The van der Waals surface area contributed by atoms with Crippen LogP contribution in [0.4, 0.5) is 10.3 Å². The van der Waals surface area contributed by atoms with E-state index in [0.717, 1.165) is 19.3 Å². The number of rotatable bonds is 4. The van der Waals surface area contributed by atoms with Crippen LogP contribution in [0.25, 0.3) is 11.4 Å². The lowest BCUT2D eigenvalue weighted by Gasteiger charge is -2.18. The highest BCUT2D eigenvalue weighted by atomic mass is 35.5. The minimum atomic E-state index is -0.490. The van der Waals surface area contributed by atoms with Gasteiger partial charge in [-0.05, 0) is 31.5 Å². The molecule has 0 saturated carbocycles. The first-order chi connectivity index (χ1) is 9.15. The van der Waals surface area contributed by atoms with Crippen molar-refractivity contribution in [3.63, 3.8) is 0 Å². The second-order valence-electron chi connectivity index (χ2n) is 3.76. The average molecular weight is 282 g/mol. The van der Waals surface area contributed by atoms with Gasteiger partial charge in [0.15, 0.2) is 11.6 Å². The Morgan fingerprint density at radius 3 is 2.58 bits per heavy atom. The van der Waals surface area contributed by atoms with Crippen LogP contribution in [0.1, 0.15) is 13.8 Å². The fourth-order valence-corrected chi connectivity index (χ4v) is 1.82. The second-order valence-corrected chi connectivity index (χ2v) is 4.09. The Hall–Kier alpha value is -1.82. The molecule has 2 aromatic heterocycles. The minimum Gasteiger partial charge on any atom is -0.341 e. The Morgan fingerprint density at radius 1 is 1.21 bits per heavy atom. The summed E-state index contributed by atoms with van der Waals surface area (Å²) in [6.07, 6.45) is 2.59. The van der Waals surface area contributed by atoms with Crippen LogP contribution in [-0.2, 0) is 0 Å². The zero-order valence-corrected chi connectivity index (χ0v) is 11.4. The minimum absolute atomic E-state index is 0.0445. The Kier molecular flexibility index (Phi) is 4.21. The molecule has 7 heteroatoms. The van der Waals surface area contributed by atoms with E-state index < -0.39 is 5.82 Å². The molecule has 19 heavy (non-hydrogen) atoms. The van der Waals surface area contributed by atoms with E-state index >= 15 is 0 Å². The fourth-order valence-electron chi connectivity index (χ4n) is 1.66. The summed E-state index contributed by atoms with van der Waals surface area (Å²) in [5.74, 6) is 0.160. The SMILES string of the molecule is CCN(CC)c1nc(Cl)nc(-c2ccncc2F)n1. The normalized spacial score (nSPS) is 10.5. The van der Waals surface area contributed by atoms with Crippen LogP contribution in [0.5, 0.6) is 0 Å². The van der Waals surface area contributed by atoms with E-state index in [4.69, 9.17) is 11.6 Å². The topological polar surface area (TPSA) is 54.8 Å². The van der Waals surface area contributed by atoms with E-state index in [1.807, 2.05) is 18.7 Å². The fraction of sp³-hybridized carbons (Fsp3) is 0.333. The molecule has 0 bridgehead atoms. The molecule has 0 N–H and O–H groups in total. The Bertz CT molecular complexity index is 574. The molecule has 0 radical (unpaired) electrons. The summed E-state index contributed by atoms with van der Waals surface area (Å²) in [5, 5.41) is 0.0445. The summed E-state index contributed by atoms with van der Waals surface area (Å²) in [4.78, 5) is 17.9. The highest BCUT2D eigenvalue weighted by Gasteiger charge is 2.14. The monoisotopic (exact) mass is 281 g/mol. The molecule has 5 nitrogen and oxygen atoms in total. The van der Waals surface area contributed by atoms with Crippen LogP contribution >= 0.6 is 11.6 Å². The van der Waals surface area contributed by atoms with Gasteiger partial charge in [0.05, 0.1) is 11.8 Å². The molecule has 0 aromatic carbocycles. The maximum Gasteiger partial charge on any atom is 0.230 e. The number of pyridine rings is 1. The molecule has 0 amide bonds. The molecular weight excluding hydrogens is 269 g/mol. The lowest BCUT2D eigenvalue weighted by Crippen LogP contribution is -2.24. The summed E-state index contributed by atoms with van der Waals surface area (Å²) < 4.78 is 13.7. The predicted octanol–water partition coefficient (Wildman–Crippen LogP) is 2.57. The van der Waals surface area contributed by atoms with Crippen molar-refractivity contribution in [3.05, 3.63) is 29.6 Å². The number of hydrogen-bond acceptors (Lipinski definition) is 5. The lowest BCUT2D eigenvalue weighted by atomic mass is 10.2. The van der Waals surface area contributed by atoms with E-state index in [2.05, 4.69) is 19.9 Å². The van der Waals surface area contributed by atoms with Crippen molar-refractivity contribution in [1.29, 1.82) is 0 Å². The third-order valence-electron chi connectivity index (χ3n) is 2.66. The zero-order valence-electron chi connectivity index (χ0n) is 10.6. The number of anilines is 1. The van der Waals surface area contributed by atoms with Gasteiger partial charge in [-0.1, -0.05) is 0 Å². The molecule has 100 valence electrons. The third-order valence-corrected chi connectivity index (χ3v) is 2.82. The van der Waals surface area contributed by atoms with Gasteiger partial charge < -0.3 is 4.90 Å². The molecule has 0 spiro atoms. The summed E-state index contributed by atoms with van der Waals surface area (Å²) in [6.45, 7) is 5.42. The van der Waals surface area contributed by atoms with Gasteiger partial charge in [0.2, 0.25) is 11.2 Å². The van der Waals surface area contributed by atoms with Gasteiger partial charge >= 0.3 is 0 Å². The zero-order chi connectivity index (χ0) is 13.8. The summed E-state index contributed by atoms with van der Waals surface area (Å²) in [6, 6.07) is 1.51. The molecule has 0 saturated heterocycles. The predicted molar refractivity (Wildman–Crippen MR) is 71.6 cm³/mol. The van der Waals surface area contributed by atoms with Crippen molar-refractivity contribution in [1.82, 2.24) is 19.9 Å². The van der Waals surface area contributed by atoms with Crippen LogP contribution in [-0.4, -0.2) is 33.0 Å².